The maximum Gasteiger partial charge on any atom is 0.340 e. The first-order chi connectivity index (χ1) is 12.8. The number of benzene rings is 2. The van der Waals surface area contributed by atoms with E-state index in [4.69, 9.17) is 9.47 Å². The van der Waals surface area contributed by atoms with Crippen molar-refractivity contribution in [3.63, 3.8) is 0 Å². The van der Waals surface area contributed by atoms with Gasteiger partial charge in [-0.1, -0.05) is 56.0 Å². The second-order valence-corrected chi connectivity index (χ2v) is 6.25. The number of ether oxygens (including phenoxy) is 2. The number of esters is 1. The topological polar surface area (TPSA) is 72.8 Å². The van der Waals surface area contributed by atoms with E-state index < -0.39 is 18.5 Å². The number of hydrogen-bond donors (Lipinski definition) is 1. The molecular formula is C22H24O5. The van der Waals surface area contributed by atoms with Crippen LogP contribution in [0.3, 0.4) is 0 Å². The predicted molar refractivity (Wildman–Crippen MR) is 102 cm³/mol. The molecule has 0 spiro atoms. The Morgan fingerprint density at radius 2 is 1.70 bits per heavy atom. The molecule has 0 aliphatic carbocycles. The van der Waals surface area contributed by atoms with Gasteiger partial charge in [0, 0.05) is 17.5 Å². The summed E-state index contributed by atoms with van der Waals surface area (Å²) in [6.45, 7) is 8.69. The maximum atomic E-state index is 12.7. The molecule has 5 nitrogen and oxygen atoms in total. The molecular weight excluding hydrogens is 344 g/mol. The van der Waals surface area contributed by atoms with E-state index in [1.807, 2.05) is 6.07 Å². The smallest absolute Gasteiger partial charge is 0.340 e. The molecule has 2 rings (SSSR count). The van der Waals surface area contributed by atoms with Gasteiger partial charge >= 0.3 is 5.97 Å². The van der Waals surface area contributed by atoms with Crippen molar-refractivity contribution in [3.8, 4) is 0 Å². The predicted octanol–water partition coefficient (Wildman–Crippen LogP) is 4.03. The lowest BCUT2D eigenvalue weighted by Crippen LogP contribution is -2.27. The second-order valence-electron chi connectivity index (χ2n) is 6.25. The third-order valence-corrected chi connectivity index (χ3v) is 4.11. The van der Waals surface area contributed by atoms with Crippen LogP contribution in [0, 0.1) is 6.92 Å². The Bertz CT molecular complexity index is 826. The SMILES string of the molecule is C=C(C)C(O)OC(CC)OC(=O)c1cccc(C(=O)c2ccccc2)c1C. The fourth-order valence-corrected chi connectivity index (χ4v) is 2.50. The molecule has 5 heteroatoms. The number of carbonyl (C=O) groups is 2. The number of carbonyl (C=O) groups excluding carboxylic acids is 2. The number of hydrogen-bond acceptors (Lipinski definition) is 5. The summed E-state index contributed by atoms with van der Waals surface area (Å²) in [5.74, 6) is -0.778. The fourth-order valence-electron chi connectivity index (χ4n) is 2.50. The summed E-state index contributed by atoms with van der Waals surface area (Å²) < 4.78 is 10.6. The van der Waals surface area contributed by atoms with E-state index in [-0.39, 0.29) is 11.3 Å². The summed E-state index contributed by atoms with van der Waals surface area (Å²) in [5.41, 5.74) is 2.21. The standard InChI is InChI=1S/C22H24O5/c1-5-19(26-21(24)14(2)3)27-22(25)18-13-9-12-17(15(18)4)20(23)16-10-7-6-8-11-16/h6-13,19,21,24H,2,5H2,1,3-4H3. The molecule has 0 fully saturated rings. The van der Waals surface area contributed by atoms with E-state index in [2.05, 4.69) is 6.58 Å². The van der Waals surface area contributed by atoms with Gasteiger partial charge in [0.25, 0.3) is 0 Å². The summed E-state index contributed by atoms with van der Waals surface area (Å²) >= 11 is 0. The molecule has 0 saturated carbocycles. The summed E-state index contributed by atoms with van der Waals surface area (Å²) in [5, 5.41) is 9.75. The Hall–Kier alpha value is -2.76. The van der Waals surface area contributed by atoms with Crippen molar-refractivity contribution >= 4 is 11.8 Å². The van der Waals surface area contributed by atoms with Gasteiger partial charge in [0.15, 0.2) is 12.1 Å². The van der Waals surface area contributed by atoms with Crippen LogP contribution in [0.1, 0.15) is 52.1 Å². The van der Waals surface area contributed by atoms with Gasteiger partial charge in [0.05, 0.1) is 5.56 Å². The van der Waals surface area contributed by atoms with Crippen molar-refractivity contribution < 1.29 is 24.2 Å². The largest absolute Gasteiger partial charge is 0.432 e. The molecule has 1 N–H and O–H groups in total. The van der Waals surface area contributed by atoms with Crippen LogP contribution in [0.25, 0.3) is 0 Å². The molecule has 0 bridgehead atoms. The van der Waals surface area contributed by atoms with Gasteiger partial charge in [-0.15, -0.1) is 0 Å². The molecule has 142 valence electrons. The lowest BCUT2D eigenvalue weighted by Gasteiger charge is -2.21. The zero-order chi connectivity index (χ0) is 20.0. The number of rotatable bonds is 8. The molecule has 2 atom stereocenters. The van der Waals surface area contributed by atoms with Crippen LogP contribution < -0.4 is 0 Å². The Kier molecular flexibility index (Phi) is 7.05. The highest BCUT2D eigenvalue weighted by molar-refractivity contribution is 6.11. The monoisotopic (exact) mass is 368 g/mol. The van der Waals surface area contributed by atoms with Gasteiger partial charge in [-0.2, -0.15) is 0 Å². The van der Waals surface area contributed by atoms with Crippen molar-refractivity contribution in [2.45, 2.75) is 39.8 Å². The van der Waals surface area contributed by atoms with Gasteiger partial charge in [-0.25, -0.2) is 4.79 Å². The third kappa shape index (κ3) is 5.12. The van der Waals surface area contributed by atoms with E-state index in [0.29, 0.717) is 28.7 Å². The highest BCUT2D eigenvalue weighted by Crippen LogP contribution is 2.20. The van der Waals surface area contributed by atoms with Crippen molar-refractivity contribution in [2.24, 2.45) is 0 Å². The van der Waals surface area contributed by atoms with Gasteiger partial charge in [0.2, 0.25) is 6.29 Å². The quantitative estimate of drug-likeness (QED) is 0.330. The lowest BCUT2D eigenvalue weighted by molar-refractivity contribution is -0.192. The average Bonchev–Trinajstić information content (AvgIpc) is 2.67. The molecule has 0 aromatic heterocycles. The summed E-state index contributed by atoms with van der Waals surface area (Å²) in [6.07, 6.45) is -1.77. The fraction of sp³-hybridized carbons (Fsp3) is 0.273. The number of ketones is 1. The van der Waals surface area contributed by atoms with Crippen molar-refractivity contribution in [2.75, 3.05) is 0 Å². The lowest BCUT2D eigenvalue weighted by atomic mass is 9.95. The molecule has 0 radical (unpaired) electrons. The van der Waals surface area contributed by atoms with Crippen LogP contribution in [0.5, 0.6) is 0 Å². The minimum Gasteiger partial charge on any atom is -0.432 e. The highest BCUT2D eigenvalue weighted by atomic mass is 16.7. The molecule has 2 unspecified atom stereocenters. The van der Waals surface area contributed by atoms with E-state index >= 15 is 0 Å². The van der Waals surface area contributed by atoms with E-state index in [0.717, 1.165) is 0 Å². The molecule has 0 aliphatic heterocycles. The van der Waals surface area contributed by atoms with Crippen LogP contribution in [-0.2, 0) is 9.47 Å². The van der Waals surface area contributed by atoms with Gasteiger partial charge in [0.1, 0.15) is 0 Å². The minimum absolute atomic E-state index is 0.163. The van der Waals surface area contributed by atoms with E-state index in [1.165, 1.54) is 0 Å². The number of aliphatic hydroxyl groups excluding tert-OH is 1. The highest BCUT2D eigenvalue weighted by Gasteiger charge is 2.22. The van der Waals surface area contributed by atoms with Crippen molar-refractivity contribution in [3.05, 3.63) is 82.9 Å². The Labute approximate surface area is 159 Å². The first-order valence-corrected chi connectivity index (χ1v) is 8.74. The zero-order valence-corrected chi connectivity index (χ0v) is 15.8. The van der Waals surface area contributed by atoms with Gasteiger partial charge < -0.3 is 14.6 Å². The molecule has 0 heterocycles. The molecule has 0 amide bonds. The minimum atomic E-state index is -1.21. The normalized spacial score (nSPS) is 12.9. The summed E-state index contributed by atoms with van der Waals surface area (Å²) in [7, 11) is 0. The first-order valence-electron chi connectivity index (χ1n) is 8.74. The van der Waals surface area contributed by atoms with Crippen molar-refractivity contribution in [1.82, 2.24) is 0 Å². The first kappa shape index (κ1) is 20.6. The maximum absolute atomic E-state index is 12.7. The Morgan fingerprint density at radius 1 is 1.07 bits per heavy atom. The summed E-state index contributed by atoms with van der Waals surface area (Å²) in [4.78, 5) is 25.3. The van der Waals surface area contributed by atoms with Crippen LogP contribution in [0.2, 0.25) is 0 Å². The third-order valence-electron chi connectivity index (χ3n) is 4.11. The molecule has 2 aromatic carbocycles. The van der Waals surface area contributed by atoms with Crippen LogP contribution in [-0.4, -0.2) is 29.4 Å². The van der Waals surface area contributed by atoms with E-state index in [9.17, 15) is 14.7 Å². The van der Waals surface area contributed by atoms with Crippen molar-refractivity contribution in [1.29, 1.82) is 0 Å². The van der Waals surface area contributed by atoms with Gasteiger partial charge in [-0.3, -0.25) is 4.79 Å². The molecule has 2 aromatic rings. The Balaban J connectivity index is 2.22. The molecule has 0 saturated heterocycles. The Morgan fingerprint density at radius 3 is 2.30 bits per heavy atom. The second kappa shape index (κ2) is 9.26. The van der Waals surface area contributed by atoms with Crippen LogP contribution in [0.4, 0.5) is 0 Å². The molecule has 27 heavy (non-hydrogen) atoms. The van der Waals surface area contributed by atoms with Crippen LogP contribution in [0.15, 0.2) is 60.7 Å². The number of aliphatic hydroxyl groups is 1. The van der Waals surface area contributed by atoms with Gasteiger partial charge in [-0.05, 0) is 31.1 Å². The van der Waals surface area contributed by atoms with Crippen LogP contribution >= 0.6 is 0 Å². The average molecular weight is 368 g/mol. The summed E-state index contributed by atoms with van der Waals surface area (Å²) in [6, 6.07) is 13.8. The molecule has 0 aliphatic rings. The zero-order valence-electron chi connectivity index (χ0n) is 15.8. The van der Waals surface area contributed by atoms with E-state index in [1.54, 1.807) is 63.2 Å².